The third-order valence-electron chi connectivity index (χ3n) is 2.80. The summed E-state index contributed by atoms with van der Waals surface area (Å²) in [6.45, 7) is 2.45. The van der Waals surface area contributed by atoms with Gasteiger partial charge in [-0.1, -0.05) is 12.2 Å². The van der Waals surface area contributed by atoms with Crippen molar-refractivity contribution < 1.29 is 4.79 Å². The Morgan fingerprint density at radius 1 is 1.30 bits per heavy atom. The molecule has 5 nitrogen and oxygen atoms in total. The summed E-state index contributed by atoms with van der Waals surface area (Å²) in [4.78, 5) is 22.4. The molecule has 0 atom stereocenters. The van der Waals surface area contributed by atoms with Crippen molar-refractivity contribution in [3.8, 4) is 0 Å². The maximum atomic E-state index is 12.4. The van der Waals surface area contributed by atoms with Gasteiger partial charge in [-0.25, -0.2) is 0 Å². The van der Waals surface area contributed by atoms with Crippen molar-refractivity contribution in [1.82, 2.24) is 9.97 Å². The Morgan fingerprint density at radius 3 is 2.50 bits per heavy atom. The van der Waals surface area contributed by atoms with E-state index >= 15 is 0 Å². The fraction of sp³-hybridized carbons (Fsp3) is 0.143. The number of aromatic nitrogens is 2. The normalized spacial score (nSPS) is 10.1. The topological polar surface area (TPSA) is 72.1 Å². The monoisotopic (exact) mass is 286 g/mol. The molecule has 0 aliphatic heterocycles. The molecular weight excluding hydrogens is 272 g/mol. The van der Waals surface area contributed by atoms with E-state index in [1.54, 1.807) is 41.6 Å². The van der Waals surface area contributed by atoms with Crippen LogP contribution in [0.4, 0.5) is 5.69 Å². The first-order valence-electron chi connectivity index (χ1n) is 6.11. The molecule has 2 heterocycles. The summed E-state index contributed by atoms with van der Waals surface area (Å²) < 4.78 is 0. The fourth-order valence-electron chi connectivity index (χ4n) is 1.77. The Kier molecular flexibility index (Phi) is 4.37. The molecule has 0 aromatic carbocycles. The molecule has 102 valence electrons. The van der Waals surface area contributed by atoms with Gasteiger partial charge in [-0.15, -0.1) is 0 Å². The lowest BCUT2D eigenvalue weighted by Crippen LogP contribution is -2.31. The lowest BCUT2D eigenvalue weighted by Gasteiger charge is -2.20. The highest BCUT2D eigenvalue weighted by molar-refractivity contribution is 7.80. The van der Waals surface area contributed by atoms with Crippen molar-refractivity contribution in [2.45, 2.75) is 6.92 Å². The molecule has 1 amide bonds. The van der Waals surface area contributed by atoms with Gasteiger partial charge >= 0.3 is 0 Å². The minimum atomic E-state index is -0.173. The zero-order valence-electron chi connectivity index (χ0n) is 11.0. The quantitative estimate of drug-likeness (QED) is 0.867. The second kappa shape index (κ2) is 6.21. The molecule has 0 fully saturated rings. The van der Waals surface area contributed by atoms with Crippen LogP contribution in [0, 0.1) is 0 Å². The number of nitrogens with zero attached hydrogens (tertiary/aromatic N) is 3. The van der Waals surface area contributed by atoms with Gasteiger partial charge in [-0.05, 0) is 31.2 Å². The highest BCUT2D eigenvalue weighted by atomic mass is 32.1. The standard InChI is InChI=1S/C14H14N4OS/c1-2-18(11-5-7-16-8-6-11)14(19)12-4-3-10(9-17-12)13(15)20/h3-9H,2H2,1H3,(H2,15,20). The number of anilines is 1. The first-order valence-corrected chi connectivity index (χ1v) is 6.52. The second-order valence-electron chi connectivity index (χ2n) is 4.05. The van der Waals surface area contributed by atoms with Crippen molar-refractivity contribution in [2.75, 3.05) is 11.4 Å². The van der Waals surface area contributed by atoms with Gasteiger partial charge < -0.3 is 10.6 Å². The van der Waals surface area contributed by atoms with Crippen molar-refractivity contribution in [3.05, 3.63) is 54.1 Å². The molecule has 0 bridgehead atoms. The number of nitrogens with two attached hydrogens (primary N) is 1. The summed E-state index contributed by atoms with van der Waals surface area (Å²) in [5.74, 6) is -0.173. The van der Waals surface area contributed by atoms with Crippen LogP contribution in [0.1, 0.15) is 23.0 Å². The number of pyridine rings is 2. The average molecular weight is 286 g/mol. The maximum absolute atomic E-state index is 12.4. The van der Waals surface area contributed by atoms with Gasteiger partial charge in [0.1, 0.15) is 10.7 Å². The zero-order valence-corrected chi connectivity index (χ0v) is 11.8. The predicted molar refractivity (Wildman–Crippen MR) is 81.7 cm³/mol. The second-order valence-corrected chi connectivity index (χ2v) is 4.49. The number of thiocarbonyl (C=S) groups is 1. The van der Waals surface area contributed by atoms with Gasteiger partial charge in [0.15, 0.2) is 0 Å². The van der Waals surface area contributed by atoms with Crippen molar-refractivity contribution in [2.24, 2.45) is 5.73 Å². The van der Waals surface area contributed by atoms with Crippen molar-refractivity contribution in [3.63, 3.8) is 0 Å². The van der Waals surface area contributed by atoms with E-state index in [1.807, 2.05) is 6.92 Å². The van der Waals surface area contributed by atoms with E-state index in [9.17, 15) is 4.79 Å². The van der Waals surface area contributed by atoms with E-state index in [-0.39, 0.29) is 10.9 Å². The van der Waals surface area contributed by atoms with Gasteiger partial charge in [0.05, 0.1) is 0 Å². The summed E-state index contributed by atoms with van der Waals surface area (Å²) in [5.41, 5.74) is 7.28. The lowest BCUT2D eigenvalue weighted by atomic mass is 10.2. The molecule has 2 rings (SSSR count). The highest BCUT2D eigenvalue weighted by Crippen LogP contribution is 2.15. The summed E-state index contributed by atoms with van der Waals surface area (Å²) in [6, 6.07) is 6.89. The van der Waals surface area contributed by atoms with E-state index in [4.69, 9.17) is 18.0 Å². The number of hydrogen-bond acceptors (Lipinski definition) is 4. The maximum Gasteiger partial charge on any atom is 0.276 e. The fourth-order valence-corrected chi connectivity index (χ4v) is 1.89. The number of carbonyl (C=O) groups excluding carboxylic acids is 1. The third-order valence-corrected chi connectivity index (χ3v) is 3.04. The highest BCUT2D eigenvalue weighted by Gasteiger charge is 2.17. The van der Waals surface area contributed by atoms with Gasteiger partial charge in [0.25, 0.3) is 5.91 Å². The Balaban J connectivity index is 2.27. The van der Waals surface area contributed by atoms with E-state index in [0.29, 0.717) is 17.8 Å². The van der Waals surface area contributed by atoms with Gasteiger partial charge in [0.2, 0.25) is 0 Å². The Labute approximate surface area is 122 Å². The Morgan fingerprint density at radius 2 is 2.00 bits per heavy atom. The first kappa shape index (κ1) is 14.1. The van der Waals surface area contributed by atoms with Gasteiger partial charge in [-0.3, -0.25) is 14.8 Å². The van der Waals surface area contributed by atoms with Crippen LogP contribution >= 0.6 is 12.2 Å². The molecule has 6 heteroatoms. The molecule has 0 aliphatic carbocycles. The lowest BCUT2D eigenvalue weighted by molar-refractivity contribution is 0.0983. The molecule has 0 saturated carbocycles. The SMILES string of the molecule is CCN(C(=O)c1ccc(C(N)=S)cn1)c1ccncc1. The number of hydrogen-bond donors (Lipinski definition) is 1. The molecule has 0 spiro atoms. The van der Waals surface area contributed by atoms with E-state index in [1.165, 1.54) is 6.20 Å². The minimum Gasteiger partial charge on any atom is -0.389 e. The largest absolute Gasteiger partial charge is 0.389 e. The van der Waals surface area contributed by atoms with Crippen LogP contribution in [-0.2, 0) is 0 Å². The minimum absolute atomic E-state index is 0.173. The van der Waals surface area contributed by atoms with Crippen LogP contribution in [0.15, 0.2) is 42.9 Å². The van der Waals surface area contributed by atoms with Crippen LogP contribution < -0.4 is 10.6 Å². The molecule has 2 aromatic heterocycles. The van der Waals surface area contributed by atoms with Crippen LogP contribution in [0.5, 0.6) is 0 Å². The molecular formula is C14H14N4OS. The molecule has 0 unspecified atom stereocenters. The molecule has 20 heavy (non-hydrogen) atoms. The van der Waals surface area contributed by atoms with Gasteiger partial charge in [0, 0.05) is 36.4 Å². The number of carbonyl (C=O) groups is 1. The molecule has 2 N–H and O–H groups in total. The molecule has 0 saturated heterocycles. The van der Waals surface area contributed by atoms with Crippen LogP contribution in [0.25, 0.3) is 0 Å². The summed E-state index contributed by atoms with van der Waals surface area (Å²) in [6.07, 6.45) is 4.80. The van der Waals surface area contributed by atoms with E-state index in [0.717, 1.165) is 5.69 Å². The smallest absolute Gasteiger partial charge is 0.276 e. The van der Waals surface area contributed by atoms with Crippen molar-refractivity contribution >= 4 is 28.8 Å². The summed E-state index contributed by atoms with van der Waals surface area (Å²) in [5, 5.41) is 0. The molecule has 0 aliphatic rings. The summed E-state index contributed by atoms with van der Waals surface area (Å²) in [7, 11) is 0. The van der Waals surface area contributed by atoms with E-state index < -0.39 is 0 Å². The van der Waals surface area contributed by atoms with Crippen LogP contribution in [0.3, 0.4) is 0 Å². The Hall–Kier alpha value is -2.34. The van der Waals surface area contributed by atoms with Crippen LogP contribution in [0.2, 0.25) is 0 Å². The third kappa shape index (κ3) is 2.97. The average Bonchev–Trinajstić information content (AvgIpc) is 2.49. The first-order chi connectivity index (χ1) is 9.63. The summed E-state index contributed by atoms with van der Waals surface area (Å²) >= 11 is 4.86. The number of amides is 1. The van der Waals surface area contributed by atoms with E-state index in [2.05, 4.69) is 9.97 Å². The van der Waals surface area contributed by atoms with Crippen molar-refractivity contribution in [1.29, 1.82) is 0 Å². The predicted octanol–water partition coefficient (Wildman–Crippen LogP) is 1.78. The van der Waals surface area contributed by atoms with Gasteiger partial charge in [-0.2, -0.15) is 0 Å². The van der Waals surface area contributed by atoms with Crippen LogP contribution in [-0.4, -0.2) is 27.4 Å². The molecule has 0 radical (unpaired) electrons. The number of rotatable bonds is 4. The Bertz CT molecular complexity index is 613. The molecule has 2 aromatic rings. The zero-order chi connectivity index (χ0) is 14.5.